The highest BCUT2D eigenvalue weighted by Gasteiger charge is 2.34. The number of carbonyl (C=O) groups excluding carboxylic acids is 2. The predicted octanol–water partition coefficient (Wildman–Crippen LogP) is 2.14. The van der Waals surface area contributed by atoms with Crippen LogP contribution in [0.4, 0.5) is 5.69 Å². The third-order valence-electron chi connectivity index (χ3n) is 3.91. The van der Waals surface area contributed by atoms with Crippen LogP contribution in [0, 0.1) is 18.8 Å². The molecule has 1 saturated heterocycles. The molecule has 1 aliphatic heterocycles. The number of carbonyl (C=O) groups is 3. The smallest absolute Gasteiger partial charge is 0.336 e. The molecule has 124 valence electrons. The lowest BCUT2D eigenvalue weighted by molar-refractivity contribution is -0.128. The predicted molar refractivity (Wildman–Crippen MR) is 86.3 cm³/mol. The second-order valence-electron chi connectivity index (χ2n) is 6.42. The Morgan fingerprint density at radius 3 is 2.70 bits per heavy atom. The van der Waals surface area contributed by atoms with Crippen molar-refractivity contribution in [2.24, 2.45) is 11.8 Å². The lowest BCUT2D eigenvalue weighted by Crippen LogP contribution is -2.31. The topological polar surface area (TPSA) is 86.7 Å². The standard InChI is InChI=1S/C17H22N2O4/c1-10(2)8-19-9-12(6-15(19)20)16(21)18-13-5-4-11(3)14(7-13)17(22)23/h4-5,7,10,12H,6,8-9H2,1-3H3,(H,18,21)(H,22,23). The number of hydrogen-bond acceptors (Lipinski definition) is 3. The van der Waals surface area contributed by atoms with Crippen LogP contribution >= 0.6 is 0 Å². The molecule has 1 aromatic carbocycles. The van der Waals surface area contributed by atoms with Crippen molar-refractivity contribution >= 4 is 23.5 Å². The Labute approximate surface area is 135 Å². The molecule has 0 saturated carbocycles. The Bertz CT molecular complexity index is 639. The fourth-order valence-electron chi connectivity index (χ4n) is 2.74. The average molecular weight is 318 g/mol. The molecule has 23 heavy (non-hydrogen) atoms. The normalized spacial score (nSPS) is 17.7. The van der Waals surface area contributed by atoms with Crippen molar-refractivity contribution in [2.75, 3.05) is 18.4 Å². The fourth-order valence-corrected chi connectivity index (χ4v) is 2.74. The first-order valence-corrected chi connectivity index (χ1v) is 7.70. The van der Waals surface area contributed by atoms with Gasteiger partial charge in [-0.15, -0.1) is 0 Å². The summed E-state index contributed by atoms with van der Waals surface area (Å²) < 4.78 is 0. The monoisotopic (exact) mass is 318 g/mol. The summed E-state index contributed by atoms with van der Waals surface area (Å²) in [6.07, 6.45) is 0.205. The maximum absolute atomic E-state index is 12.3. The maximum Gasteiger partial charge on any atom is 0.336 e. The number of amides is 2. The summed E-state index contributed by atoms with van der Waals surface area (Å²) in [5.74, 6) is -1.32. The molecule has 1 unspecified atom stereocenters. The van der Waals surface area contributed by atoms with Gasteiger partial charge in [0.05, 0.1) is 11.5 Å². The molecule has 2 amide bonds. The van der Waals surface area contributed by atoms with E-state index in [2.05, 4.69) is 5.32 Å². The number of benzene rings is 1. The van der Waals surface area contributed by atoms with Crippen molar-refractivity contribution in [3.05, 3.63) is 29.3 Å². The molecule has 1 heterocycles. The molecule has 0 bridgehead atoms. The van der Waals surface area contributed by atoms with Gasteiger partial charge in [0.25, 0.3) is 0 Å². The van der Waals surface area contributed by atoms with E-state index in [0.717, 1.165) is 0 Å². The number of nitrogens with zero attached hydrogens (tertiary/aromatic N) is 1. The first-order chi connectivity index (χ1) is 10.8. The van der Waals surface area contributed by atoms with E-state index in [4.69, 9.17) is 5.11 Å². The molecule has 6 heteroatoms. The van der Waals surface area contributed by atoms with Gasteiger partial charge in [0.2, 0.25) is 11.8 Å². The lowest BCUT2D eigenvalue weighted by Gasteiger charge is -2.18. The van der Waals surface area contributed by atoms with Crippen LogP contribution in [0.5, 0.6) is 0 Å². The van der Waals surface area contributed by atoms with Crippen LogP contribution in [0.2, 0.25) is 0 Å². The molecular formula is C17H22N2O4. The van der Waals surface area contributed by atoms with Gasteiger partial charge in [-0.05, 0) is 30.5 Å². The minimum Gasteiger partial charge on any atom is -0.478 e. The highest BCUT2D eigenvalue weighted by atomic mass is 16.4. The molecule has 0 radical (unpaired) electrons. The van der Waals surface area contributed by atoms with Gasteiger partial charge < -0.3 is 15.3 Å². The van der Waals surface area contributed by atoms with Crippen LogP contribution in [0.15, 0.2) is 18.2 Å². The van der Waals surface area contributed by atoms with E-state index in [0.29, 0.717) is 30.3 Å². The highest BCUT2D eigenvalue weighted by molar-refractivity contribution is 5.98. The molecule has 2 rings (SSSR count). The molecule has 1 aliphatic rings. The van der Waals surface area contributed by atoms with E-state index in [1.54, 1.807) is 24.0 Å². The zero-order valence-corrected chi connectivity index (χ0v) is 13.6. The minimum atomic E-state index is -1.03. The van der Waals surface area contributed by atoms with Crippen molar-refractivity contribution in [3.8, 4) is 0 Å². The Morgan fingerprint density at radius 2 is 2.09 bits per heavy atom. The number of likely N-dealkylation sites (tertiary alicyclic amines) is 1. The van der Waals surface area contributed by atoms with E-state index in [1.165, 1.54) is 6.07 Å². The highest BCUT2D eigenvalue weighted by Crippen LogP contribution is 2.22. The molecule has 0 spiro atoms. The molecule has 1 aromatic rings. The molecule has 1 fully saturated rings. The van der Waals surface area contributed by atoms with Crippen molar-refractivity contribution in [3.63, 3.8) is 0 Å². The van der Waals surface area contributed by atoms with Gasteiger partial charge in [0.15, 0.2) is 0 Å². The van der Waals surface area contributed by atoms with Gasteiger partial charge in [-0.25, -0.2) is 4.79 Å². The number of carboxylic acid groups (broad SMARTS) is 1. The molecular weight excluding hydrogens is 296 g/mol. The van der Waals surface area contributed by atoms with Crippen LogP contribution in [-0.2, 0) is 9.59 Å². The molecule has 1 atom stereocenters. The summed E-state index contributed by atoms with van der Waals surface area (Å²) in [5, 5.41) is 11.8. The van der Waals surface area contributed by atoms with Crippen molar-refractivity contribution in [2.45, 2.75) is 27.2 Å². The third-order valence-corrected chi connectivity index (χ3v) is 3.91. The Morgan fingerprint density at radius 1 is 1.39 bits per heavy atom. The molecule has 2 N–H and O–H groups in total. The Hall–Kier alpha value is -2.37. The second-order valence-corrected chi connectivity index (χ2v) is 6.42. The Kier molecular flexibility index (Phi) is 5.03. The molecule has 0 aromatic heterocycles. The first-order valence-electron chi connectivity index (χ1n) is 7.70. The number of rotatable bonds is 5. The van der Waals surface area contributed by atoms with Crippen molar-refractivity contribution in [1.82, 2.24) is 4.90 Å². The van der Waals surface area contributed by atoms with Crippen LogP contribution in [-0.4, -0.2) is 40.9 Å². The number of carboxylic acids is 1. The average Bonchev–Trinajstić information content (AvgIpc) is 2.81. The van der Waals surface area contributed by atoms with E-state index in [1.807, 2.05) is 13.8 Å². The summed E-state index contributed by atoms with van der Waals surface area (Å²) in [5.41, 5.74) is 1.23. The number of aromatic carboxylic acids is 1. The van der Waals surface area contributed by atoms with Gasteiger partial charge in [-0.1, -0.05) is 19.9 Å². The second kappa shape index (κ2) is 6.81. The van der Waals surface area contributed by atoms with Crippen LogP contribution in [0.3, 0.4) is 0 Å². The summed E-state index contributed by atoms with van der Waals surface area (Å²) in [7, 11) is 0. The summed E-state index contributed by atoms with van der Waals surface area (Å²) in [6.45, 7) is 6.83. The zero-order chi connectivity index (χ0) is 17.1. The number of hydrogen-bond donors (Lipinski definition) is 2. The number of anilines is 1. The van der Waals surface area contributed by atoms with E-state index >= 15 is 0 Å². The van der Waals surface area contributed by atoms with Gasteiger partial charge in [0, 0.05) is 25.2 Å². The van der Waals surface area contributed by atoms with E-state index < -0.39 is 11.9 Å². The van der Waals surface area contributed by atoms with Crippen molar-refractivity contribution in [1.29, 1.82) is 0 Å². The quantitative estimate of drug-likeness (QED) is 0.871. The van der Waals surface area contributed by atoms with Crippen LogP contribution < -0.4 is 5.32 Å². The lowest BCUT2D eigenvalue weighted by atomic mass is 10.1. The zero-order valence-electron chi connectivity index (χ0n) is 13.6. The summed E-state index contributed by atoms with van der Waals surface area (Å²) in [6, 6.07) is 4.77. The molecule has 0 aliphatic carbocycles. The SMILES string of the molecule is Cc1ccc(NC(=O)C2CC(=O)N(CC(C)C)C2)cc1C(=O)O. The Balaban J connectivity index is 2.04. The first kappa shape index (κ1) is 17.0. The van der Waals surface area contributed by atoms with Crippen molar-refractivity contribution < 1.29 is 19.5 Å². The number of aryl methyl sites for hydroxylation is 1. The van der Waals surface area contributed by atoms with Gasteiger partial charge in [0.1, 0.15) is 0 Å². The minimum absolute atomic E-state index is 0.00557. The van der Waals surface area contributed by atoms with Gasteiger partial charge >= 0.3 is 5.97 Å². The summed E-state index contributed by atoms with van der Waals surface area (Å²) in [4.78, 5) is 37.1. The van der Waals surface area contributed by atoms with Crippen LogP contribution in [0.25, 0.3) is 0 Å². The third kappa shape index (κ3) is 4.09. The van der Waals surface area contributed by atoms with Gasteiger partial charge in [-0.3, -0.25) is 9.59 Å². The summed E-state index contributed by atoms with van der Waals surface area (Å²) >= 11 is 0. The largest absolute Gasteiger partial charge is 0.478 e. The van der Waals surface area contributed by atoms with Crippen LogP contribution in [0.1, 0.15) is 36.2 Å². The maximum atomic E-state index is 12.3. The van der Waals surface area contributed by atoms with Gasteiger partial charge in [-0.2, -0.15) is 0 Å². The van der Waals surface area contributed by atoms with E-state index in [9.17, 15) is 14.4 Å². The van der Waals surface area contributed by atoms with E-state index in [-0.39, 0.29) is 23.8 Å². The number of nitrogens with one attached hydrogen (secondary N) is 1. The molecule has 6 nitrogen and oxygen atoms in total. The fraction of sp³-hybridized carbons (Fsp3) is 0.471.